The minimum absolute atomic E-state index is 0. The predicted octanol–water partition coefficient (Wildman–Crippen LogP) is 3.53. The van der Waals surface area contributed by atoms with Crippen LogP contribution in [0, 0.1) is 0 Å². The molecule has 0 amide bonds. The summed E-state index contributed by atoms with van der Waals surface area (Å²) < 4.78 is 0. The molecular weight excluding hydrogens is 266 g/mol. The van der Waals surface area contributed by atoms with Gasteiger partial charge in [0.15, 0.2) is 0 Å². The SMILES string of the molecule is CC.CC.CCCNC.Cl.O=C(O)O.O=C(O)O. The summed E-state index contributed by atoms with van der Waals surface area (Å²) in [6.45, 7) is 11.3. The molecule has 0 fully saturated rings. The van der Waals surface area contributed by atoms with E-state index < -0.39 is 12.3 Å². The second-order valence-electron chi connectivity index (χ2n) is 1.67. The Morgan fingerprint density at radius 2 is 1.06 bits per heavy atom. The van der Waals surface area contributed by atoms with E-state index in [2.05, 4.69) is 12.2 Å². The van der Waals surface area contributed by atoms with Crippen LogP contribution >= 0.6 is 12.4 Å². The second kappa shape index (κ2) is 56.9. The number of nitrogens with one attached hydrogen (secondary N) is 1. The van der Waals surface area contributed by atoms with Crippen molar-refractivity contribution in [1.29, 1.82) is 0 Å². The van der Waals surface area contributed by atoms with Gasteiger partial charge >= 0.3 is 12.3 Å². The molecule has 0 saturated heterocycles. The lowest BCUT2D eigenvalue weighted by molar-refractivity contribution is 0.135. The highest BCUT2D eigenvalue weighted by Crippen LogP contribution is 1.62. The zero-order valence-electron chi connectivity index (χ0n) is 11.9. The van der Waals surface area contributed by atoms with E-state index in [1.54, 1.807) is 0 Å². The van der Waals surface area contributed by atoms with Crippen LogP contribution in [0.1, 0.15) is 41.0 Å². The highest BCUT2D eigenvalue weighted by molar-refractivity contribution is 5.85. The fourth-order valence-electron chi connectivity index (χ4n) is 0.250. The number of hydrogen-bond donors (Lipinski definition) is 5. The first kappa shape index (κ1) is 36.0. The molecule has 0 aromatic carbocycles. The molecule has 0 radical (unpaired) electrons. The number of carbonyl (C=O) groups is 2. The van der Waals surface area contributed by atoms with E-state index in [4.69, 9.17) is 30.0 Å². The molecule has 0 spiro atoms. The van der Waals surface area contributed by atoms with E-state index >= 15 is 0 Å². The zero-order chi connectivity index (χ0) is 15.3. The Balaban J connectivity index is -0.0000000258. The molecule has 0 aromatic rings. The third-order valence-corrected chi connectivity index (χ3v) is 0.500. The maximum absolute atomic E-state index is 8.56. The van der Waals surface area contributed by atoms with Gasteiger partial charge in [0.05, 0.1) is 0 Å². The topological polar surface area (TPSA) is 127 Å². The Morgan fingerprint density at radius 1 is 0.889 bits per heavy atom. The third-order valence-electron chi connectivity index (χ3n) is 0.500. The van der Waals surface area contributed by atoms with Crippen LogP contribution < -0.4 is 5.32 Å². The maximum Gasteiger partial charge on any atom is 0.503 e. The molecule has 18 heavy (non-hydrogen) atoms. The molecule has 116 valence electrons. The van der Waals surface area contributed by atoms with E-state index in [1.165, 1.54) is 6.42 Å². The van der Waals surface area contributed by atoms with E-state index in [0.717, 1.165) is 6.54 Å². The van der Waals surface area contributed by atoms with Crippen molar-refractivity contribution in [3.8, 4) is 0 Å². The van der Waals surface area contributed by atoms with Gasteiger partial charge in [-0.15, -0.1) is 12.4 Å². The smallest absolute Gasteiger partial charge is 0.450 e. The summed E-state index contributed by atoms with van der Waals surface area (Å²) in [6, 6.07) is 0. The maximum atomic E-state index is 8.56. The first-order chi connectivity index (χ1) is 7.88. The molecule has 0 aromatic heterocycles. The van der Waals surface area contributed by atoms with Crippen LogP contribution in [0.25, 0.3) is 0 Å². The van der Waals surface area contributed by atoms with Gasteiger partial charge in [0, 0.05) is 0 Å². The highest BCUT2D eigenvalue weighted by Gasteiger charge is 1.70. The van der Waals surface area contributed by atoms with Crippen LogP contribution in [0.2, 0.25) is 0 Å². The average Bonchev–Trinajstić information content (AvgIpc) is 2.23. The predicted molar refractivity (Wildman–Crippen MR) is 75.5 cm³/mol. The van der Waals surface area contributed by atoms with Crippen molar-refractivity contribution in [2.45, 2.75) is 41.0 Å². The summed E-state index contributed by atoms with van der Waals surface area (Å²) in [5, 5.41) is 30.9. The largest absolute Gasteiger partial charge is 0.503 e. The van der Waals surface area contributed by atoms with E-state index in [0.29, 0.717) is 0 Å². The molecule has 0 saturated carbocycles. The average molecular weight is 294 g/mol. The Morgan fingerprint density at radius 3 is 1.06 bits per heavy atom. The lowest BCUT2D eigenvalue weighted by atomic mass is 10.5. The molecule has 0 atom stereocenters. The minimum Gasteiger partial charge on any atom is -0.450 e. The molecule has 0 unspecified atom stereocenters. The molecule has 8 heteroatoms. The molecule has 0 bridgehead atoms. The van der Waals surface area contributed by atoms with Crippen molar-refractivity contribution in [1.82, 2.24) is 5.32 Å². The van der Waals surface area contributed by atoms with E-state index in [1.807, 2.05) is 34.7 Å². The summed E-state index contributed by atoms with van der Waals surface area (Å²) in [7, 11) is 1.96. The second-order valence-corrected chi connectivity index (χ2v) is 1.67. The van der Waals surface area contributed by atoms with Gasteiger partial charge in [0.2, 0.25) is 0 Å². The molecule has 5 N–H and O–H groups in total. The van der Waals surface area contributed by atoms with E-state index in [-0.39, 0.29) is 12.4 Å². The Kier molecular flexibility index (Phi) is 114. The van der Waals surface area contributed by atoms with Crippen molar-refractivity contribution in [3.63, 3.8) is 0 Å². The normalized spacial score (nSPS) is 5.67. The van der Waals surface area contributed by atoms with Crippen LogP contribution in [0.3, 0.4) is 0 Å². The summed E-state index contributed by atoms with van der Waals surface area (Å²) >= 11 is 0. The van der Waals surface area contributed by atoms with Gasteiger partial charge in [-0.3, -0.25) is 0 Å². The quantitative estimate of drug-likeness (QED) is 0.527. The summed E-state index contributed by atoms with van der Waals surface area (Å²) in [6.07, 6.45) is -2.43. The standard InChI is InChI=1S/C4H11N.2C2H6.2CH2O3.ClH/c1-3-4-5-2;2*1-2;2*2-1(3)4;/h5H,3-4H2,1-2H3;2*1-2H3;2*(H2,2,3,4);1H. The third kappa shape index (κ3) is 4510. The minimum atomic E-state index is -1.83. The molecule has 0 aliphatic rings. The number of halogens is 1. The first-order valence-electron chi connectivity index (χ1n) is 5.36. The number of hydrogen-bond acceptors (Lipinski definition) is 3. The van der Waals surface area contributed by atoms with Crippen molar-refractivity contribution in [2.24, 2.45) is 0 Å². The highest BCUT2D eigenvalue weighted by atomic mass is 35.5. The molecular formula is C10H28ClNO6. The van der Waals surface area contributed by atoms with Crippen LogP contribution in [-0.4, -0.2) is 46.3 Å². The van der Waals surface area contributed by atoms with Gasteiger partial charge in [-0.1, -0.05) is 34.6 Å². The van der Waals surface area contributed by atoms with Crippen LogP contribution in [0.15, 0.2) is 0 Å². The van der Waals surface area contributed by atoms with Crippen LogP contribution in [-0.2, 0) is 0 Å². The van der Waals surface area contributed by atoms with Gasteiger partial charge in [0.1, 0.15) is 0 Å². The van der Waals surface area contributed by atoms with Crippen molar-refractivity contribution < 1.29 is 30.0 Å². The Hall–Kier alpha value is -1.21. The van der Waals surface area contributed by atoms with Gasteiger partial charge in [0.25, 0.3) is 0 Å². The molecule has 0 aliphatic carbocycles. The van der Waals surface area contributed by atoms with Crippen molar-refractivity contribution in [2.75, 3.05) is 13.6 Å². The summed E-state index contributed by atoms with van der Waals surface area (Å²) in [4.78, 5) is 17.1. The molecule has 0 heterocycles. The molecule has 7 nitrogen and oxygen atoms in total. The van der Waals surface area contributed by atoms with E-state index in [9.17, 15) is 0 Å². The van der Waals surface area contributed by atoms with Gasteiger partial charge < -0.3 is 25.7 Å². The summed E-state index contributed by atoms with van der Waals surface area (Å²) in [5.74, 6) is 0. The lowest BCUT2D eigenvalue weighted by Gasteiger charge is -1.84. The Bertz CT molecular complexity index is 114. The molecule has 0 aliphatic heterocycles. The van der Waals surface area contributed by atoms with Gasteiger partial charge in [-0.25, -0.2) is 9.59 Å². The van der Waals surface area contributed by atoms with Crippen LogP contribution in [0.4, 0.5) is 9.59 Å². The van der Waals surface area contributed by atoms with Crippen LogP contribution in [0.5, 0.6) is 0 Å². The number of carboxylic acid groups (broad SMARTS) is 4. The van der Waals surface area contributed by atoms with Crippen molar-refractivity contribution in [3.05, 3.63) is 0 Å². The zero-order valence-corrected chi connectivity index (χ0v) is 12.7. The first-order valence-corrected chi connectivity index (χ1v) is 5.36. The Labute approximate surface area is 115 Å². The lowest BCUT2D eigenvalue weighted by Crippen LogP contribution is -2.04. The van der Waals surface area contributed by atoms with Crippen molar-refractivity contribution >= 4 is 24.7 Å². The summed E-state index contributed by atoms with van der Waals surface area (Å²) in [5.41, 5.74) is 0. The van der Waals surface area contributed by atoms with Gasteiger partial charge in [-0.2, -0.15) is 0 Å². The fraction of sp³-hybridized carbons (Fsp3) is 0.800. The monoisotopic (exact) mass is 293 g/mol. The van der Waals surface area contributed by atoms with Gasteiger partial charge in [-0.05, 0) is 20.0 Å². The number of rotatable bonds is 2. The fourth-order valence-corrected chi connectivity index (χ4v) is 0.250. The molecule has 0 rings (SSSR count).